The lowest BCUT2D eigenvalue weighted by molar-refractivity contribution is -0.136. The van der Waals surface area contributed by atoms with Crippen molar-refractivity contribution in [2.24, 2.45) is 11.3 Å². The fraction of sp³-hybridized carbons (Fsp3) is 0.941. The fourth-order valence-electron chi connectivity index (χ4n) is 4.37. The van der Waals surface area contributed by atoms with Crippen molar-refractivity contribution in [3.63, 3.8) is 0 Å². The van der Waals surface area contributed by atoms with E-state index in [4.69, 9.17) is 0 Å². The minimum absolute atomic E-state index is 0. The highest BCUT2D eigenvalue weighted by Gasteiger charge is 2.58. The standard InChI is InChI=1S/C17H31N3O.ClH/c1-19(2)11-12-20(14-5-3-4-6-14)16(21)15-13-17(15)7-9-18-10-8-17;/h14-15,18H,3-13H2,1-2H3;1H. The van der Waals surface area contributed by atoms with Crippen LogP contribution in [0, 0.1) is 11.3 Å². The van der Waals surface area contributed by atoms with E-state index in [0.717, 1.165) is 32.6 Å². The third kappa shape index (κ3) is 3.77. The lowest BCUT2D eigenvalue weighted by Gasteiger charge is -2.32. The zero-order valence-electron chi connectivity index (χ0n) is 14.1. The quantitative estimate of drug-likeness (QED) is 0.839. The molecule has 128 valence electrons. The normalized spacial score (nSPS) is 27.0. The summed E-state index contributed by atoms with van der Waals surface area (Å²) >= 11 is 0. The Bertz CT molecular complexity index is 376. The molecule has 3 fully saturated rings. The topological polar surface area (TPSA) is 35.6 Å². The number of piperidine rings is 1. The van der Waals surface area contributed by atoms with Crippen molar-refractivity contribution in [2.45, 2.75) is 51.0 Å². The summed E-state index contributed by atoms with van der Waals surface area (Å²) < 4.78 is 0. The number of nitrogens with zero attached hydrogens (tertiary/aromatic N) is 2. The molecule has 2 aliphatic carbocycles. The van der Waals surface area contributed by atoms with Crippen LogP contribution >= 0.6 is 12.4 Å². The van der Waals surface area contributed by atoms with E-state index in [1.54, 1.807) is 0 Å². The predicted octanol–water partition coefficient (Wildman–Crippen LogP) is 2.13. The maximum atomic E-state index is 13.1. The molecule has 1 N–H and O–H groups in total. The first-order valence-electron chi connectivity index (χ1n) is 8.78. The summed E-state index contributed by atoms with van der Waals surface area (Å²) in [6.07, 6.45) is 8.61. The summed E-state index contributed by atoms with van der Waals surface area (Å²) in [5, 5.41) is 3.43. The number of halogens is 1. The van der Waals surface area contributed by atoms with Crippen LogP contribution in [0.3, 0.4) is 0 Å². The van der Waals surface area contributed by atoms with Gasteiger partial charge in [0, 0.05) is 25.0 Å². The Morgan fingerprint density at radius 3 is 2.36 bits per heavy atom. The molecule has 1 amide bonds. The number of likely N-dealkylation sites (N-methyl/N-ethyl adjacent to an activating group) is 1. The Kier molecular flexibility index (Phi) is 6.14. The van der Waals surface area contributed by atoms with Crippen molar-refractivity contribution in [2.75, 3.05) is 40.3 Å². The maximum Gasteiger partial charge on any atom is 0.226 e. The van der Waals surface area contributed by atoms with Crippen LogP contribution in [0.1, 0.15) is 44.9 Å². The summed E-state index contributed by atoms with van der Waals surface area (Å²) in [5.41, 5.74) is 0.372. The Hall–Kier alpha value is -0.320. The number of nitrogens with one attached hydrogen (secondary N) is 1. The lowest BCUT2D eigenvalue weighted by atomic mass is 9.91. The molecule has 0 aromatic carbocycles. The highest BCUT2D eigenvalue weighted by molar-refractivity contribution is 5.85. The van der Waals surface area contributed by atoms with E-state index < -0.39 is 0 Å². The monoisotopic (exact) mass is 329 g/mol. The molecular formula is C17H32ClN3O. The van der Waals surface area contributed by atoms with Crippen LogP contribution in [-0.4, -0.2) is 62.0 Å². The first-order valence-corrected chi connectivity index (χ1v) is 8.78. The number of hydrogen-bond donors (Lipinski definition) is 1. The molecule has 0 bridgehead atoms. The van der Waals surface area contributed by atoms with E-state index in [1.807, 2.05) is 0 Å². The van der Waals surface area contributed by atoms with Gasteiger partial charge in [0.1, 0.15) is 0 Å². The zero-order chi connectivity index (χ0) is 14.9. The van der Waals surface area contributed by atoms with Gasteiger partial charge in [-0.2, -0.15) is 0 Å². The highest BCUT2D eigenvalue weighted by atomic mass is 35.5. The van der Waals surface area contributed by atoms with Crippen molar-refractivity contribution >= 4 is 18.3 Å². The smallest absolute Gasteiger partial charge is 0.226 e. The molecule has 3 aliphatic rings. The van der Waals surface area contributed by atoms with Crippen molar-refractivity contribution < 1.29 is 4.79 Å². The molecule has 4 nitrogen and oxygen atoms in total. The third-order valence-electron chi connectivity index (χ3n) is 5.92. The molecule has 5 heteroatoms. The first kappa shape index (κ1) is 18.0. The lowest BCUT2D eigenvalue weighted by Crippen LogP contribution is -2.44. The van der Waals surface area contributed by atoms with E-state index in [2.05, 4.69) is 29.2 Å². The van der Waals surface area contributed by atoms with Gasteiger partial charge >= 0.3 is 0 Å². The van der Waals surface area contributed by atoms with Crippen molar-refractivity contribution in [1.29, 1.82) is 0 Å². The Balaban J connectivity index is 0.00000176. The summed E-state index contributed by atoms with van der Waals surface area (Å²) in [7, 11) is 4.20. The van der Waals surface area contributed by atoms with Crippen LogP contribution in [0.25, 0.3) is 0 Å². The second kappa shape index (κ2) is 7.50. The van der Waals surface area contributed by atoms with E-state index in [0.29, 0.717) is 23.3 Å². The zero-order valence-corrected chi connectivity index (χ0v) is 15.0. The maximum absolute atomic E-state index is 13.1. The SMILES string of the molecule is CN(C)CCN(C(=O)C1CC12CCNCC2)C1CCCC1.Cl. The van der Waals surface area contributed by atoms with Crippen LogP contribution < -0.4 is 5.32 Å². The van der Waals surface area contributed by atoms with Gasteiger partial charge in [-0.05, 0) is 64.7 Å². The third-order valence-corrected chi connectivity index (χ3v) is 5.92. The molecule has 1 heterocycles. The van der Waals surface area contributed by atoms with Crippen molar-refractivity contribution in [1.82, 2.24) is 15.1 Å². The molecule has 1 unspecified atom stereocenters. The molecule has 0 aromatic heterocycles. The molecule has 1 atom stereocenters. The van der Waals surface area contributed by atoms with E-state index >= 15 is 0 Å². The van der Waals surface area contributed by atoms with Gasteiger partial charge in [0.2, 0.25) is 5.91 Å². The molecule has 3 rings (SSSR count). The van der Waals surface area contributed by atoms with Gasteiger partial charge in [0.05, 0.1) is 0 Å². The van der Waals surface area contributed by atoms with E-state index in [9.17, 15) is 4.79 Å². The van der Waals surface area contributed by atoms with Gasteiger partial charge in [0.15, 0.2) is 0 Å². The van der Waals surface area contributed by atoms with Gasteiger partial charge in [0.25, 0.3) is 0 Å². The van der Waals surface area contributed by atoms with Crippen LogP contribution in [0.4, 0.5) is 0 Å². The molecule has 2 saturated carbocycles. The average Bonchev–Trinajstić information content (AvgIpc) is 2.90. The van der Waals surface area contributed by atoms with Crippen LogP contribution in [-0.2, 0) is 4.79 Å². The fourth-order valence-corrected chi connectivity index (χ4v) is 4.37. The molecule has 1 spiro atoms. The van der Waals surface area contributed by atoms with Crippen LogP contribution in [0.15, 0.2) is 0 Å². The number of hydrogen-bond acceptors (Lipinski definition) is 3. The average molecular weight is 330 g/mol. The number of carbonyl (C=O) groups excluding carboxylic acids is 1. The minimum Gasteiger partial charge on any atom is -0.338 e. The van der Waals surface area contributed by atoms with E-state index in [1.165, 1.54) is 38.5 Å². The Morgan fingerprint density at radius 1 is 1.14 bits per heavy atom. The van der Waals surface area contributed by atoms with Crippen molar-refractivity contribution in [3.05, 3.63) is 0 Å². The van der Waals surface area contributed by atoms with E-state index in [-0.39, 0.29) is 12.4 Å². The molecule has 0 radical (unpaired) electrons. The molecule has 1 saturated heterocycles. The Labute approximate surface area is 141 Å². The molecular weight excluding hydrogens is 298 g/mol. The Morgan fingerprint density at radius 2 is 1.77 bits per heavy atom. The summed E-state index contributed by atoms with van der Waals surface area (Å²) in [4.78, 5) is 17.5. The second-order valence-corrected chi connectivity index (χ2v) is 7.64. The summed E-state index contributed by atoms with van der Waals surface area (Å²) in [6, 6.07) is 0.525. The molecule has 0 aromatic rings. The number of amides is 1. The van der Waals surface area contributed by atoms with Gasteiger partial charge in [-0.25, -0.2) is 0 Å². The summed E-state index contributed by atoms with van der Waals surface area (Å²) in [6.45, 7) is 4.11. The molecule has 22 heavy (non-hydrogen) atoms. The molecule has 1 aliphatic heterocycles. The van der Waals surface area contributed by atoms with Crippen LogP contribution in [0.5, 0.6) is 0 Å². The number of rotatable bonds is 5. The van der Waals surface area contributed by atoms with Gasteiger partial charge < -0.3 is 15.1 Å². The summed E-state index contributed by atoms with van der Waals surface area (Å²) in [5.74, 6) is 0.813. The largest absolute Gasteiger partial charge is 0.338 e. The van der Waals surface area contributed by atoms with Crippen LogP contribution in [0.2, 0.25) is 0 Å². The van der Waals surface area contributed by atoms with Crippen molar-refractivity contribution in [3.8, 4) is 0 Å². The highest BCUT2D eigenvalue weighted by Crippen LogP contribution is 2.59. The van der Waals surface area contributed by atoms with Gasteiger partial charge in [-0.15, -0.1) is 12.4 Å². The first-order chi connectivity index (χ1) is 10.1. The van der Waals surface area contributed by atoms with Gasteiger partial charge in [-0.1, -0.05) is 12.8 Å². The van der Waals surface area contributed by atoms with Gasteiger partial charge in [-0.3, -0.25) is 4.79 Å². The predicted molar refractivity (Wildman–Crippen MR) is 92.4 cm³/mol. The number of carbonyl (C=O) groups is 1. The second-order valence-electron chi connectivity index (χ2n) is 7.64. The minimum atomic E-state index is 0.